The van der Waals surface area contributed by atoms with E-state index < -0.39 is 0 Å². The zero-order chi connectivity index (χ0) is 12.8. The van der Waals surface area contributed by atoms with Gasteiger partial charge in [0, 0.05) is 26.3 Å². The van der Waals surface area contributed by atoms with Gasteiger partial charge in [-0.1, -0.05) is 0 Å². The van der Waals surface area contributed by atoms with Gasteiger partial charge in [-0.15, -0.1) is 11.3 Å². The molecule has 1 aromatic heterocycles. The molecule has 4 nitrogen and oxygen atoms in total. The van der Waals surface area contributed by atoms with Crippen molar-refractivity contribution in [3.05, 3.63) is 21.9 Å². The molecule has 0 saturated heterocycles. The molecular weight excluding hydrogens is 238 g/mol. The number of carbonyl (C=O) groups excluding carboxylic acids is 1. The number of amides is 1. The standard InChI is InChI=1S/C12H19NO3S/c1-9(14)4-6-13(2)12(15)11-10(8-16-3)5-7-17-11/h5,7,9,14H,4,6,8H2,1-3H3. The lowest BCUT2D eigenvalue weighted by Crippen LogP contribution is -2.29. The minimum atomic E-state index is -0.382. The number of carbonyl (C=O) groups is 1. The topological polar surface area (TPSA) is 49.8 Å². The van der Waals surface area contributed by atoms with E-state index in [4.69, 9.17) is 4.74 Å². The van der Waals surface area contributed by atoms with Gasteiger partial charge < -0.3 is 14.7 Å². The maximum absolute atomic E-state index is 12.1. The zero-order valence-electron chi connectivity index (χ0n) is 10.5. The van der Waals surface area contributed by atoms with Gasteiger partial charge in [-0.3, -0.25) is 4.79 Å². The van der Waals surface area contributed by atoms with Gasteiger partial charge in [-0.25, -0.2) is 0 Å². The first-order valence-corrected chi connectivity index (χ1v) is 6.43. The second-order valence-corrected chi connectivity index (χ2v) is 4.99. The molecular formula is C12H19NO3S. The van der Waals surface area contributed by atoms with Crippen LogP contribution in [-0.4, -0.2) is 42.7 Å². The molecule has 0 fully saturated rings. The average Bonchev–Trinajstić information content (AvgIpc) is 2.73. The normalized spacial score (nSPS) is 12.5. The summed E-state index contributed by atoms with van der Waals surface area (Å²) in [5.41, 5.74) is 0.923. The highest BCUT2D eigenvalue weighted by Crippen LogP contribution is 2.19. The lowest BCUT2D eigenvalue weighted by molar-refractivity contribution is 0.0769. The Bertz CT molecular complexity index is 362. The lowest BCUT2D eigenvalue weighted by atomic mass is 10.2. The molecule has 0 aliphatic rings. The highest BCUT2D eigenvalue weighted by atomic mass is 32.1. The molecule has 96 valence electrons. The summed E-state index contributed by atoms with van der Waals surface area (Å²) in [5.74, 6) is -0.00676. The summed E-state index contributed by atoms with van der Waals surface area (Å²) >= 11 is 1.43. The maximum atomic E-state index is 12.1. The van der Waals surface area contributed by atoms with Crippen LogP contribution >= 0.6 is 11.3 Å². The van der Waals surface area contributed by atoms with E-state index in [-0.39, 0.29) is 12.0 Å². The van der Waals surface area contributed by atoms with Gasteiger partial charge in [0.25, 0.3) is 5.91 Å². The lowest BCUT2D eigenvalue weighted by Gasteiger charge is -2.17. The number of thiophene rings is 1. The van der Waals surface area contributed by atoms with Crippen LogP contribution in [-0.2, 0) is 11.3 Å². The predicted molar refractivity (Wildman–Crippen MR) is 68.3 cm³/mol. The first-order valence-electron chi connectivity index (χ1n) is 5.55. The molecule has 0 spiro atoms. The number of methoxy groups -OCH3 is 1. The minimum absolute atomic E-state index is 0.00676. The Balaban J connectivity index is 2.64. The van der Waals surface area contributed by atoms with Crippen molar-refractivity contribution in [2.75, 3.05) is 20.7 Å². The molecule has 1 heterocycles. The van der Waals surface area contributed by atoms with E-state index in [1.165, 1.54) is 11.3 Å². The second-order valence-electron chi connectivity index (χ2n) is 4.07. The summed E-state index contributed by atoms with van der Waals surface area (Å²) in [6.45, 7) is 2.73. The second kappa shape index (κ2) is 6.74. The first-order chi connectivity index (χ1) is 8.06. The van der Waals surface area contributed by atoms with E-state index in [0.29, 0.717) is 19.6 Å². The number of hydrogen-bond acceptors (Lipinski definition) is 4. The summed E-state index contributed by atoms with van der Waals surface area (Å²) in [6, 6.07) is 1.91. The molecule has 1 aromatic rings. The summed E-state index contributed by atoms with van der Waals surface area (Å²) < 4.78 is 5.05. The van der Waals surface area contributed by atoms with Gasteiger partial charge in [0.05, 0.1) is 17.6 Å². The fourth-order valence-corrected chi connectivity index (χ4v) is 2.35. The fourth-order valence-electron chi connectivity index (χ4n) is 1.45. The van der Waals surface area contributed by atoms with Crippen LogP contribution in [0.2, 0.25) is 0 Å². The monoisotopic (exact) mass is 257 g/mol. The Hall–Kier alpha value is -0.910. The van der Waals surface area contributed by atoms with Crippen molar-refractivity contribution in [1.82, 2.24) is 4.90 Å². The van der Waals surface area contributed by atoms with Crippen LogP contribution in [0, 0.1) is 0 Å². The summed E-state index contributed by atoms with van der Waals surface area (Å²) in [4.78, 5) is 14.5. The van der Waals surface area contributed by atoms with Crippen LogP contribution in [0.15, 0.2) is 11.4 Å². The van der Waals surface area contributed by atoms with Crippen molar-refractivity contribution in [2.24, 2.45) is 0 Å². The number of hydrogen-bond donors (Lipinski definition) is 1. The van der Waals surface area contributed by atoms with Crippen molar-refractivity contribution >= 4 is 17.2 Å². The van der Waals surface area contributed by atoms with E-state index in [1.54, 1.807) is 26.0 Å². The van der Waals surface area contributed by atoms with Crippen LogP contribution < -0.4 is 0 Å². The molecule has 1 atom stereocenters. The van der Waals surface area contributed by atoms with E-state index >= 15 is 0 Å². The van der Waals surface area contributed by atoms with Crippen molar-refractivity contribution in [2.45, 2.75) is 26.1 Å². The fraction of sp³-hybridized carbons (Fsp3) is 0.583. The quantitative estimate of drug-likeness (QED) is 0.844. The summed E-state index contributed by atoms with van der Waals surface area (Å²) in [5, 5.41) is 11.1. The number of nitrogens with zero attached hydrogens (tertiary/aromatic N) is 1. The maximum Gasteiger partial charge on any atom is 0.264 e. The van der Waals surface area contributed by atoms with Gasteiger partial charge in [0.15, 0.2) is 0 Å². The molecule has 1 unspecified atom stereocenters. The third-order valence-electron chi connectivity index (χ3n) is 2.47. The smallest absolute Gasteiger partial charge is 0.264 e. The van der Waals surface area contributed by atoms with Crippen LogP contribution in [0.3, 0.4) is 0 Å². The average molecular weight is 257 g/mol. The summed E-state index contributed by atoms with van der Waals surface area (Å²) in [7, 11) is 3.37. The van der Waals surface area contributed by atoms with E-state index in [2.05, 4.69) is 0 Å². The van der Waals surface area contributed by atoms with Gasteiger partial charge in [-0.05, 0) is 24.8 Å². The Morgan fingerprint density at radius 1 is 1.65 bits per heavy atom. The van der Waals surface area contributed by atoms with Gasteiger partial charge in [0.1, 0.15) is 0 Å². The van der Waals surface area contributed by atoms with Crippen LogP contribution in [0.1, 0.15) is 28.6 Å². The van der Waals surface area contributed by atoms with Crippen LogP contribution in [0.25, 0.3) is 0 Å². The molecule has 0 aliphatic heterocycles. The van der Waals surface area contributed by atoms with Gasteiger partial charge in [0.2, 0.25) is 0 Å². The Morgan fingerprint density at radius 3 is 2.94 bits per heavy atom. The molecule has 1 N–H and O–H groups in total. The number of aliphatic hydroxyl groups excluding tert-OH is 1. The van der Waals surface area contributed by atoms with E-state index in [1.807, 2.05) is 11.4 Å². The van der Waals surface area contributed by atoms with Crippen molar-refractivity contribution in [3.8, 4) is 0 Å². The van der Waals surface area contributed by atoms with Crippen LogP contribution in [0.4, 0.5) is 0 Å². The van der Waals surface area contributed by atoms with Crippen molar-refractivity contribution in [3.63, 3.8) is 0 Å². The molecule has 1 rings (SSSR count). The van der Waals surface area contributed by atoms with Crippen molar-refractivity contribution < 1.29 is 14.6 Å². The molecule has 0 aromatic carbocycles. The van der Waals surface area contributed by atoms with Gasteiger partial charge in [-0.2, -0.15) is 0 Å². The molecule has 17 heavy (non-hydrogen) atoms. The highest BCUT2D eigenvalue weighted by molar-refractivity contribution is 7.12. The molecule has 0 saturated carbocycles. The Kier molecular flexibility index (Phi) is 5.61. The van der Waals surface area contributed by atoms with Gasteiger partial charge >= 0.3 is 0 Å². The Labute approximate surface area is 106 Å². The minimum Gasteiger partial charge on any atom is -0.393 e. The largest absolute Gasteiger partial charge is 0.393 e. The molecule has 0 aliphatic carbocycles. The number of ether oxygens (including phenoxy) is 1. The van der Waals surface area contributed by atoms with Crippen molar-refractivity contribution in [1.29, 1.82) is 0 Å². The third kappa shape index (κ3) is 4.11. The number of aliphatic hydroxyl groups is 1. The van der Waals surface area contributed by atoms with E-state index in [9.17, 15) is 9.90 Å². The first kappa shape index (κ1) is 14.2. The van der Waals surface area contributed by atoms with Crippen LogP contribution in [0.5, 0.6) is 0 Å². The summed E-state index contributed by atoms with van der Waals surface area (Å²) in [6.07, 6.45) is 0.208. The molecule has 0 bridgehead atoms. The predicted octanol–water partition coefficient (Wildman–Crippen LogP) is 1.74. The van der Waals surface area contributed by atoms with E-state index in [0.717, 1.165) is 10.4 Å². The number of rotatable bonds is 6. The molecule has 5 heteroatoms. The third-order valence-corrected chi connectivity index (χ3v) is 3.41. The molecule has 1 amide bonds. The SMILES string of the molecule is COCc1ccsc1C(=O)N(C)CCC(C)O. The highest BCUT2D eigenvalue weighted by Gasteiger charge is 2.17. The molecule has 0 radical (unpaired) electrons. The zero-order valence-corrected chi connectivity index (χ0v) is 11.3. The Morgan fingerprint density at radius 2 is 2.35 bits per heavy atom.